The summed E-state index contributed by atoms with van der Waals surface area (Å²) < 4.78 is 5.68. The molecule has 0 spiro atoms. The number of hydrogen-bond acceptors (Lipinski definition) is 2. The van der Waals surface area contributed by atoms with Crippen molar-refractivity contribution in [3.8, 4) is 5.75 Å². The van der Waals surface area contributed by atoms with Gasteiger partial charge in [-0.15, -0.1) is 0 Å². The topological polar surface area (TPSA) is 46.5 Å². The van der Waals surface area contributed by atoms with Gasteiger partial charge < -0.3 is 9.84 Å². The zero-order chi connectivity index (χ0) is 15.4. The quantitative estimate of drug-likeness (QED) is 0.911. The molecule has 0 saturated heterocycles. The van der Waals surface area contributed by atoms with Gasteiger partial charge in [-0.25, -0.2) is 4.79 Å². The van der Waals surface area contributed by atoms with Crippen LogP contribution in [0.2, 0.25) is 0 Å². The molecule has 0 aromatic heterocycles. The molecular weight excluding hydrogens is 264 g/mol. The summed E-state index contributed by atoms with van der Waals surface area (Å²) in [5, 5.41) is 9.38. The summed E-state index contributed by atoms with van der Waals surface area (Å²) in [5.74, 6) is -0.344. The van der Waals surface area contributed by atoms with Crippen LogP contribution in [0.5, 0.6) is 5.75 Å². The Hall–Kier alpha value is -2.29. The Balaban J connectivity index is 2.17. The molecule has 1 atom stereocenters. The lowest BCUT2D eigenvalue weighted by Crippen LogP contribution is -2.29. The highest BCUT2D eigenvalue weighted by molar-refractivity contribution is 5.73. The molecule has 0 fully saturated rings. The van der Waals surface area contributed by atoms with E-state index in [1.165, 1.54) is 0 Å². The summed E-state index contributed by atoms with van der Waals surface area (Å²) in [6.45, 7) is 5.93. The highest BCUT2D eigenvalue weighted by Crippen LogP contribution is 2.19. The molecule has 0 heterocycles. The largest absolute Gasteiger partial charge is 0.478 e. The minimum atomic E-state index is -0.948. The third kappa shape index (κ3) is 4.35. The van der Waals surface area contributed by atoms with E-state index in [2.05, 4.69) is 0 Å². The molecule has 1 N–H and O–H groups in total. The van der Waals surface area contributed by atoms with E-state index >= 15 is 0 Å². The first kappa shape index (κ1) is 15.1. The second kappa shape index (κ2) is 6.44. The van der Waals surface area contributed by atoms with E-state index in [-0.39, 0.29) is 0 Å². The van der Waals surface area contributed by atoms with Crippen molar-refractivity contribution in [3.05, 3.63) is 64.7 Å². The maximum absolute atomic E-state index is 11.4. The van der Waals surface area contributed by atoms with Crippen LogP contribution >= 0.6 is 0 Å². The van der Waals surface area contributed by atoms with Crippen LogP contribution in [-0.4, -0.2) is 17.2 Å². The lowest BCUT2D eigenvalue weighted by atomic mass is 10.1. The minimum Gasteiger partial charge on any atom is -0.478 e. The number of carboxylic acids is 1. The number of benzene rings is 2. The van der Waals surface area contributed by atoms with Gasteiger partial charge in [-0.1, -0.05) is 35.9 Å². The van der Waals surface area contributed by atoms with Crippen molar-refractivity contribution in [1.82, 2.24) is 0 Å². The first-order chi connectivity index (χ1) is 9.94. The van der Waals surface area contributed by atoms with Gasteiger partial charge in [0.15, 0.2) is 6.10 Å². The van der Waals surface area contributed by atoms with Crippen molar-refractivity contribution in [1.29, 1.82) is 0 Å². The van der Waals surface area contributed by atoms with Gasteiger partial charge in [0.2, 0.25) is 0 Å². The monoisotopic (exact) mass is 284 g/mol. The molecule has 0 radical (unpaired) electrons. The van der Waals surface area contributed by atoms with Crippen LogP contribution in [0, 0.1) is 20.8 Å². The highest BCUT2D eigenvalue weighted by Gasteiger charge is 2.20. The second-order valence-corrected chi connectivity index (χ2v) is 5.46. The fraction of sp³-hybridized carbons (Fsp3) is 0.278. The fourth-order valence-electron chi connectivity index (χ4n) is 2.40. The van der Waals surface area contributed by atoms with Crippen LogP contribution < -0.4 is 4.74 Å². The van der Waals surface area contributed by atoms with Gasteiger partial charge in [0, 0.05) is 6.42 Å². The number of carbonyl (C=O) groups is 1. The van der Waals surface area contributed by atoms with E-state index in [0.29, 0.717) is 12.2 Å². The predicted molar refractivity (Wildman–Crippen MR) is 82.9 cm³/mol. The van der Waals surface area contributed by atoms with E-state index in [1.807, 2.05) is 63.2 Å². The van der Waals surface area contributed by atoms with Gasteiger partial charge in [-0.3, -0.25) is 0 Å². The van der Waals surface area contributed by atoms with Gasteiger partial charge >= 0.3 is 5.97 Å². The molecule has 110 valence electrons. The van der Waals surface area contributed by atoms with Gasteiger partial charge in [0.1, 0.15) is 5.75 Å². The lowest BCUT2D eigenvalue weighted by Gasteiger charge is -2.16. The van der Waals surface area contributed by atoms with Crippen LogP contribution in [-0.2, 0) is 11.2 Å². The van der Waals surface area contributed by atoms with Crippen LogP contribution in [0.15, 0.2) is 42.5 Å². The molecule has 0 saturated carbocycles. The number of aliphatic carboxylic acids is 1. The maximum Gasteiger partial charge on any atom is 0.345 e. The Morgan fingerprint density at radius 3 is 2.29 bits per heavy atom. The number of rotatable bonds is 5. The van der Waals surface area contributed by atoms with Crippen molar-refractivity contribution in [2.45, 2.75) is 33.3 Å². The van der Waals surface area contributed by atoms with E-state index in [9.17, 15) is 9.90 Å². The third-order valence-electron chi connectivity index (χ3n) is 3.25. The molecule has 0 unspecified atom stereocenters. The number of carboxylic acid groups (broad SMARTS) is 1. The molecule has 3 nitrogen and oxygen atoms in total. The highest BCUT2D eigenvalue weighted by atomic mass is 16.5. The van der Waals surface area contributed by atoms with Crippen molar-refractivity contribution < 1.29 is 14.6 Å². The standard InChI is InChI=1S/C18H20O3/c1-12-5-4-6-15(8-12)11-17(18(19)20)21-16-9-13(2)7-14(3)10-16/h4-10,17H,11H2,1-3H3,(H,19,20)/t17-/m1/s1. The molecule has 0 amide bonds. The molecule has 0 aliphatic rings. The normalized spacial score (nSPS) is 12.0. The molecular formula is C18H20O3. The molecule has 0 aliphatic heterocycles. The van der Waals surface area contributed by atoms with Gasteiger partial charge in [-0.2, -0.15) is 0 Å². The van der Waals surface area contributed by atoms with E-state index < -0.39 is 12.1 Å². The summed E-state index contributed by atoms with van der Waals surface area (Å²) >= 11 is 0. The molecule has 0 aliphatic carbocycles. The Labute approximate surface area is 125 Å². The molecule has 21 heavy (non-hydrogen) atoms. The molecule has 2 aromatic rings. The Morgan fingerprint density at radius 2 is 1.71 bits per heavy atom. The van der Waals surface area contributed by atoms with Crippen LogP contribution in [0.4, 0.5) is 0 Å². The predicted octanol–water partition coefficient (Wildman–Crippen LogP) is 3.69. The molecule has 2 rings (SSSR count). The first-order valence-electron chi connectivity index (χ1n) is 6.97. The van der Waals surface area contributed by atoms with Crippen LogP contribution in [0.1, 0.15) is 22.3 Å². The summed E-state index contributed by atoms with van der Waals surface area (Å²) in [6.07, 6.45) is -0.530. The van der Waals surface area contributed by atoms with Gasteiger partial charge in [0.25, 0.3) is 0 Å². The Bertz CT molecular complexity index is 626. The van der Waals surface area contributed by atoms with Gasteiger partial charge in [-0.05, 0) is 49.6 Å². The SMILES string of the molecule is Cc1cccc(C[C@@H](Oc2cc(C)cc(C)c2)C(=O)O)c1. The summed E-state index contributed by atoms with van der Waals surface area (Å²) in [6, 6.07) is 13.6. The lowest BCUT2D eigenvalue weighted by molar-refractivity contribution is -0.145. The van der Waals surface area contributed by atoms with Crippen molar-refractivity contribution >= 4 is 5.97 Å². The van der Waals surface area contributed by atoms with Crippen molar-refractivity contribution in [3.63, 3.8) is 0 Å². The summed E-state index contributed by atoms with van der Waals surface area (Å²) in [7, 11) is 0. The summed E-state index contributed by atoms with van der Waals surface area (Å²) in [5.41, 5.74) is 4.20. The molecule has 2 aromatic carbocycles. The average molecular weight is 284 g/mol. The van der Waals surface area contributed by atoms with Crippen molar-refractivity contribution in [2.24, 2.45) is 0 Å². The number of ether oxygens (including phenoxy) is 1. The third-order valence-corrected chi connectivity index (χ3v) is 3.25. The van der Waals surface area contributed by atoms with E-state index in [1.54, 1.807) is 0 Å². The average Bonchev–Trinajstić information content (AvgIpc) is 2.36. The van der Waals surface area contributed by atoms with Crippen molar-refractivity contribution in [2.75, 3.05) is 0 Å². The smallest absolute Gasteiger partial charge is 0.345 e. The number of hydrogen-bond donors (Lipinski definition) is 1. The molecule has 0 bridgehead atoms. The first-order valence-corrected chi connectivity index (χ1v) is 6.97. The Morgan fingerprint density at radius 1 is 1.05 bits per heavy atom. The molecule has 3 heteroatoms. The zero-order valence-corrected chi connectivity index (χ0v) is 12.6. The second-order valence-electron chi connectivity index (χ2n) is 5.46. The summed E-state index contributed by atoms with van der Waals surface area (Å²) in [4.78, 5) is 11.4. The maximum atomic E-state index is 11.4. The van der Waals surface area contributed by atoms with E-state index in [0.717, 1.165) is 22.3 Å². The Kier molecular flexibility index (Phi) is 4.63. The van der Waals surface area contributed by atoms with Crippen LogP contribution in [0.3, 0.4) is 0 Å². The minimum absolute atomic E-state index is 0.351. The van der Waals surface area contributed by atoms with E-state index in [4.69, 9.17) is 4.74 Å². The van der Waals surface area contributed by atoms with Crippen LogP contribution in [0.25, 0.3) is 0 Å². The fourth-order valence-corrected chi connectivity index (χ4v) is 2.40. The van der Waals surface area contributed by atoms with Gasteiger partial charge in [0.05, 0.1) is 0 Å². The zero-order valence-electron chi connectivity index (χ0n) is 12.6. The number of aryl methyl sites for hydroxylation is 3.